The van der Waals surface area contributed by atoms with Crippen LogP contribution in [-0.2, 0) is 4.79 Å². The highest BCUT2D eigenvalue weighted by Crippen LogP contribution is 2.32. The zero-order valence-electron chi connectivity index (χ0n) is 29.0. The van der Waals surface area contributed by atoms with Gasteiger partial charge in [-0.05, 0) is 83.3 Å². The van der Waals surface area contributed by atoms with Gasteiger partial charge in [-0.15, -0.1) is 11.8 Å². The van der Waals surface area contributed by atoms with Crippen LogP contribution in [0.5, 0.6) is 0 Å². The van der Waals surface area contributed by atoms with Gasteiger partial charge in [0.2, 0.25) is 0 Å². The predicted molar refractivity (Wildman–Crippen MR) is 174 cm³/mol. The van der Waals surface area contributed by atoms with Crippen molar-refractivity contribution in [2.24, 2.45) is 35.5 Å². The molecule has 0 saturated heterocycles. The van der Waals surface area contributed by atoms with Crippen LogP contribution in [0.15, 0.2) is 12.2 Å². The molecule has 0 bridgehead atoms. The van der Waals surface area contributed by atoms with Crippen LogP contribution in [0.1, 0.15) is 142 Å². The third-order valence-electron chi connectivity index (χ3n) is 6.49. The lowest BCUT2D eigenvalue weighted by Crippen LogP contribution is -2.22. The maximum Gasteiger partial charge on any atom is 0.135 e. The Bertz CT molecular complexity index is 539. The molecule has 0 aromatic rings. The van der Waals surface area contributed by atoms with E-state index in [1.165, 1.54) is 24.8 Å². The van der Waals surface area contributed by atoms with Crippen LogP contribution < -0.4 is 0 Å². The summed E-state index contributed by atoms with van der Waals surface area (Å²) in [6.45, 7) is 36.7. The van der Waals surface area contributed by atoms with Crippen LogP contribution in [0.4, 0.5) is 0 Å². The maximum absolute atomic E-state index is 12.2. The Kier molecular flexibility index (Phi) is 40.8. The second kappa shape index (κ2) is 33.0. The molecule has 1 aliphatic carbocycles. The molecule has 1 aliphatic rings. The standard InChI is InChI=1S/C18H32O.C9H17N.4C2H6/c1-12-7-8-18(19)17(6)16(5)11-15(4)14(3)10-13(2)9-12;1-5-6-9(2)7-8-10(3)4;4*1-2/h12-14,16-17H,4,7-11H2,1-3,5-6H3;9H,7-8H2,1-4H3;4*1-2H3. The minimum absolute atomic E-state index is 0.188. The van der Waals surface area contributed by atoms with Crippen molar-refractivity contribution >= 4 is 5.78 Å². The molecule has 1 rings (SSSR count). The number of hydrogen-bond donors (Lipinski definition) is 0. The van der Waals surface area contributed by atoms with Crippen molar-refractivity contribution in [3.63, 3.8) is 0 Å². The highest BCUT2D eigenvalue weighted by atomic mass is 16.1. The van der Waals surface area contributed by atoms with E-state index in [-0.39, 0.29) is 5.92 Å². The number of Topliss-reactive ketones (excluding diaryl/α,β-unsaturated/α-hetero) is 1. The molecule has 6 unspecified atom stereocenters. The van der Waals surface area contributed by atoms with Crippen LogP contribution in [0, 0.1) is 47.3 Å². The van der Waals surface area contributed by atoms with E-state index in [2.05, 4.69) is 79.0 Å². The summed E-state index contributed by atoms with van der Waals surface area (Å²) < 4.78 is 0. The Morgan fingerprint density at radius 1 is 0.892 bits per heavy atom. The number of allylic oxidation sites excluding steroid dienone is 1. The summed E-state index contributed by atoms with van der Waals surface area (Å²) in [5, 5.41) is 0. The lowest BCUT2D eigenvalue weighted by Gasteiger charge is -2.27. The number of nitrogens with zero attached hydrogens (tertiary/aromatic N) is 1. The van der Waals surface area contributed by atoms with Gasteiger partial charge in [0.15, 0.2) is 0 Å². The Hall–Kier alpha value is -1.07. The van der Waals surface area contributed by atoms with Crippen LogP contribution in [-0.4, -0.2) is 31.3 Å². The first-order valence-electron chi connectivity index (χ1n) is 15.7. The zero-order valence-corrected chi connectivity index (χ0v) is 29.0. The van der Waals surface area contributed by atoms with Crippen LogP contribution >= 0.6 is 0 Å². The van der Waals surface area contributed by atoms with Gasteiger partial charge in [0.25, 0.3) is 0 Å². The first-order valence-corrected chi connectivity index (χ1v) is 15.7. The lowest BCUT2D eigenvalue weighted by molar-refractivity contribution is -0.124. The normalized spacial score (nSPS) is 24.3. The second-order valence-electron chi connectivity index (χ2n) is 10.1. The van der Waals surface area contributed by atoms with Crippen LogP contribution in [0.25, 0.3) is 0 Å². The smallest absolute Gasteiger partial charge is 0.135 e. The monoisotopic (exact) mass is 524 g/mol. The van der Waals surface area contributed by atoms with Gasteiger partial charge in [0.05, 0.1) is 0 Å². The average Bonchev–Trinajstić information content (AvgIpc) is 2.90. The summed E-state index contributed by atoms with van der Waals surface area (Å²) >= 11 is 0. The Morgan fingerprint density at radius 3 is 1.81 bits per heavy atom. The molecule has 0 aliphatic heterocycles. The molecule has 0 amide bonds. The molecular formula is C35H73NO. The molecule has 1 saturated carbocycles. The predicted octanol–water partition coefficient (Wildman–Crippen LogP) is 11.0. The van der Waals surface area contributed by atoms with Gasteiger partial charge >= 0.3 is 0 Å². The van der Waals surface area contributed by atoms with E-state index in [0.717, 1.165) is 31.7 Å². The van der Waals surface area contributed by atoms with Gasteiger partial charge in [-0.1, -0.05) is 109 Å². The Morgan fingerprint density at radius 2 is 1.38 bits per heavy atom. The minimum atomic E-state index is 0.188. The van der Waals surface area contributed by atoms with Crippen LogP contribution in [0.2, 0.25) is 0 Å². The fraction of sp³-hybridized carbons (Fsp3) is 0.857. The minimum Gasteiger partial charge on any atom is -0.309 e. The SMILES string of the molecule is C=C1CC(C)C(C)C(=O)CCC(C)CC(C)CC1C.CC.CC.CC.CC.CC#CC(C)CCN(C)C. The fourth-order valence-electron chi connectivity index (χ4n) is 4.17. The number of carbonyl (C=O) groups excluding carboxylic acids is 1. The molecule has 2 nitrogen and oxygen atoms in total. The second-order valence-corrected chi connectivity index (χ2v) is 10.1. The van der Waals surface area contributed by atoms with E-state index >= 15 is 0 Å². The topological polar surface area (TPSA) is 20.3 Å². The molecule has 0 aromatic heterocycles. The molecule has 37 heavy (non-hydrogen) atoms. The Balaban J connectivity index is -0.000000160. The van der Waals surface area contributed by atoms with Gasteiger partial charge in [0, 0.05) is 18.3 Å². The quantitative estimate of drug-likeness (QED) is 0.271. The van der Waals surface area contributed by atoms with Gasteiger partial charge in [-0.3, -0.25) is 4.79 Å². The van der Waals surface area contributed by atoms with E-state index in [1.807, 2.05) is 62.3 Å². The molecule has 2 heteroatoms. The van der Waals surface area contributed by atoms with Gasteiger partial charge in [-0.2, -0.15) is 0 Å². The molecule has 224 valence electrons. The number of ketones is 1. The highest BCUT2D eigenvalue weighted by Gasteiger charge is 2.24. The first-order chi connectivity index (χ1) is 17.5. The molecule has 0 N–H and O–H groups in total. The number of hydrogen-bond acceptors (Lipinski definition) is 2. The maximum atomic E-state index is 12.2. The summed E-state index contributed by atoms with van der Waals surface area (Å²) in [5.74, 6) is 9.67. The van der Waals surface area contributed by atoms with E-state index in [4.69, 9.17) is 0 Å². The van der Waals surface area contributed by atoms with Crippen molar-refractivity contribution in [3.8, 4) is 11.8 Å². The fourth-order valence-corrected chi connectivity index (χ4v) is 4.17. The van der Waals surface area contributed by atoms with Crippen molar-refractivity contribution in [2.75, 3.05) is 20.6 Å². The molecule has 6 atom stereocenters. The Labute approximate surface area is 237 Å². The summed E-state index contributed by atoms with van der Waals surface area (Å²) in [4.78, 5) is 14.4. The van der Waals surface area contributed by atoms with Crippen molar-refractivity contribution in [2.45, 2.75) is 142 Å². The van der Waals surface area contributed by atoms with Gasteiger partial charge in [-0.25, -0.2) is 0 Å². The summed E-state index contributed by atoms with van der Waals surface area (Å²) in [6, 6.07) is 0. The van der Waals surface area contributed by atoms with E-state index < -0.39 is 0 Å². The molecular weight excluding hydrogens is 450 g/mol. The van der Waals surface area contributed by atoms with Crippen molar-refractivity contribution in [1.29, 1.82) is 0 Å². The first kappa shape index (κ1) is 45.8. The largest absolute Gasteiger partial charge is 0.309 e. The molecule has 0 heterocycles. The third-order valence-corrected chi connectivity index (χ3v) is 6.49. The van der Waals surface area contributed by atoms with Crippen molar-refractivity contribution in [1.82, 2.24) is 4.90 Å². The number of rotatable bonds is 3. The lowest BCUT2D eigenvalue weighted by atomic mass is 9.78. The third kappa shape index (κ3) is 29.3. The summed E-state index contributed by atoms with van der Waals surface area (Å²) in [7, 11) is 4.18. The van der Waals surface area contributed by atoms with Crippen LogP contribution in [0.3, 0.4) is 0 Å². The summed E-state index contributed by atoms with van der Waals surface area (Å²) in [5.41, 5.74) is 1.34. The zero-order chi connectivity index (χ0) is 30.6. The summed E-state index contributed by atoms with van der Waals surface area (Å²) in [6.07, 6.45) is 6.51. The molecule has 0 spiro atoms. The average molecular weight is 524 g/mol. The van der Waals surface area contributed by atoms with E-state index in [1.54, 1.807) is 0 Å². The van der Waals surface area contributed by atoms with E-state index in [9.17, 15) is 4.79 Å². The number of carbonyl (C=O) groups is 1. The molecule has 1 fully saturated rings. The van der Waals surface area contributed by atoms with Gasteiger partial charge in [0.1, 0.15) is 5.78 Å². The van der Waals surface area contributed by atoms with E-state index in [0.29, 0.717) is 29.5 Å². The molecule has 0 aromatic carbocycles. The highest BCUT2D eigenvalue weighted by molar-refractivity contribution is 5.80. The van der Waals surface area contributed by atoms with Crippen molar-refractivity contribution in [3.05, 3.63) is 12.2 Å². The molecule has 0 radical (unpaired) electrons. The van der Waals surface area contributed by atoms with Gasteiger partial charge < -0.3 is 4.90 Å². The van der Waals surface area contributed by atoms with Crippen molar-refractivity contribution < 1.29 is 4.79 Å².